The second-order valence-electron chi connectivity index (χ2n) is 14.3. The number of nitrogens with one attached hydrogen (secondary N) is 1. The van der Waals surface area contributed by atoms with Crippen molar-refractivity contribution in [2.75, 3.05) is 0 Å². The lowest BCUT2D eigenvalue weighted by atomic mass is 9.82. The molecule has 0 aromatic heterocycles. The molecule has 0 atom stereocenters. The first-order valence-electron chi connectivity index (χ1n) is 18.2. The van der Waals surface area contributed by atoms with Crippen molar-refractivity contribution in [1.29, 1.82) is 5.41 Å². The van der Waals surface area contributed by atoms with Crippen molar-refractivity contribution >= 4 is 39.2 Å². The molecule has 0 amide bonds. The van der Waals surface area contributed by atoms with Gasteiger partial charge in [0.05, 0.1) is 5.71 Å². The van der Waals surface area contributed by atoms with Crippen LogP contribution in [0.25, 0.3) is 61.0 Å². The number of allylic oxidation sites excluding steroid dienone is 1. The van der Waals surface area contributed by atoms with Gasteiger partial charge in [0.15, 0.2) is 5.84 Å². The molecule has 2 nitrogen and oxygen atoms in total. The van der Waals surface area contributed by atoms with E-state index in [4.69, 9.17) is 10.4 Å². The monoisotopic (exact) mass is 678 g/mol. The fraction of sp³-hybridized carbons (Fsp3) is 0.0588. The molecule has 252 valence electrons. The fourth-order valence-corrected chi connectivity index (χ4v) is 8.06. The van der Waals surface area contributed by atoms with Crippen molar-refractivity contribution in [3.05, 3.63) is 210 Å². The predicted molar refractivity (Wildman–Crippen MR) is 225 cm³/mol. The Morgan fingerprint density at radius 2 is 1.15 bits per heavy atom. The summed E-state index contributed by atoms with van der Waals surface area (Å²) >= 11 is 0. The standard InChI is InChI=1S/C51H38N2/c1-51(2)47-23-13-12-21-44(47)46-33-39(27-30-48(46)51)42-29-26-35(40-18-8-10-20-43(40)42)28-31-49(53-50(52)36-15-4-3-5-16-36)45-22-11-9-19-41(45)38-25-24-34-14-6-7-17-37(34)32-38/h3-33,52H,1-2H3/b31-28+,52-50?,53-49?. The van der Waals surface area contributed by atoms with Gasteiger partial charge in [-0.15, -0.1) is 0 Å². The summed E-state index contributed by atoms with van der Waals surface area (Å²) < 4.78 is 0. The minimum Gasteiger partial charge on any atom is -0.282 e. The Hall–Kier alpha value is -6.64. The smallest absolute Gasteiger partial charge is 0.152 e. The highest BCUT2D eigenvalue weighted by Gasteiger charge is 2.35. The number of benzene rings is 8. The van der Waals surface area contributed by atoms with Gasteiger partial charge in [0.25, 0.3) is 0 Å². The minimum atomic E-state index is -0.0236. The summed E-state index contributed by atoms with van der Waals surface area (Å²) in [5.74, 6) is 0.222. The Balaban J connectivity index is 1.15. The normalized spacial score (nSPS) is 13.4. The maximum absolute atomic E-state index is 9.03. The number of fused-ring (bicyclic) bond motifs is 5. The van der Waals surface area contributed by atoms with Crippen molar-refractivity contribution in [2.45, 2.75) is 19.3 Å². The highest BCUT2D eigenvalue weighted by atomic mass is 14.8. The lowest BCUT2D eigenvalue weighted by Crippen LogP contribution is -2.14. The maximum atomic E-state index is 9.03. The number of hydrogen-bond donors (Lipinski definition) is 1. The van der Waals surface area contributed by atoms with E-state index in [2.05, 4.69) is 172 Å². The Bertz CT molecular complexity index is 2770. The molecule has 0 bridgehead atoms. The lowest BCUT2D eigenvalue weighted by molar-refractivity contribution is 0.660. The molecular weight excluding hydrogens is 641 g/mol. The zero-order valence-electron chi connectivity index (χ0n) is 29.8. The van der Waals surface area contributed by atoms with Gasteiger partial charge in [-0.05, 0) is 89.8 Å². The first kappa shape index (κ1) is 32.3. The summed E-state index contributed by atoms with van der Waals surface area (Å²) in [6.45, 7) is 4.65. The van der Waals surface area contributed by atoms with Crippen molar-refractivity contribution in [3.63, 3.8) is 0 Å². The van der Waals surface area contributed by atoms with Crippen molar-refractivity contribution in [3.8, 4) is 33.4 Å². The van der Waals surface area contributed by atoms with Crippen LogP contribution in [0.15, 0.2) is 187 Å². The third kappa shape index (κ3) is 5.79. The highest BCUT2D eigenvalue weighted by Crippen LogP contribution is 2.49. The van der Waals surface area contributed by atoms with Crippen LogP contribution in [-0.2, 0) is 5.41 Å². The highest BCUT2D eigenvalue weighted by molar-refractivity contribution is 6.20. The second-order valence-corrected chi connectivity index (χ2v) is 14.3. The number of amidine groups is 1. The quantitative estimate of drug-likeness (QED) is 0.134. The molecule has 0 saturated heterocycles. The van der Waals surface area contributed by atoms with Crippen LogP contribution in [-0.4, -0.2) is 11.5 Å². The molecule has 8 aromatic rings. The molecule has 53 heavy (non-hydrogen) atoms. The molecule has 9 rings (SSSR count). The molecule has 1 N–H and O–H groups in total. The van der Waals surface area contributed by atoms with Crippen LogP contribution >= 0.6 is 0 Å². The van der Waals surface area contributed by atoms with Crippen LogP contribution in [0.3, 0.4) is 0 Å². The molecule has 0 fully saturated rings. The zero-order chi connectivity index (χ0) is 35.9. The predicted octanol–water partition coefficient (Wildman–Crippen LogP) is 13.2. The summed E-state index contributed by atoms with van der Waals surface area (Å²) in [6, 6.07) is 62.1. The summed E-state index contributed by atoms with van der Waals surface area (Å²) in [4.78, 5) is 5.00. The Morgan fingerprint density at radius 1 is 0.509 bits per heavy atom. The minimum absolute atomic E-state index is 0.0236. The molecule has 1 aliphatic rings. The average molecular weight is 679 g/mol. The molecule has 0 radical (unpaired) electrons. The Morgan fingerprint density at radius 3 is 2.00 bits per heavy atom. The van der Waals surface area contributed by atoms with E-state index in [1.807, 2.05) is 30.3 Å². The van der Waals surface area contributed by atoms with Gasteiger partial charge >= 0.3 is 0 Å². The number of nitrogens with zero attached hydrogens (tertiary/aromatic N) is 1. The van der Waals surface area contributed by atoms with Gasteiger partial charge in [-0.2, -0.15) is 0 Å². The lowest BCUT2D eigenvalue weighted by Gasteiger charge is -2.21. The van der Waals surface area contributed by atoms with Crippen LogP contribution in [0.2, 0.25) is 0 Å². The van der Waals surface area contributed by atoms with Crippen molar-refractivity contribution in [1.82, 2.24) is 0 Å². The molecule has 1 aliphatic carbocycles. The Kier molecular flexibility index (Phi) is 8.01. The van der Waals surface area contributed by atoms with Crippen LogP contribution in [0.4, 0.5) is 0 Å². The van der Waals surface area contributed by atoms with E-state index in [9.17, 15) is 0 Å². The van der Waals surface area contributed by atoms with Gasteiger partial charge in [0.1, 0.15) is 0 Å². The van der Waals surface area contributed by atoms with Gasteiger partial charge < -0.3 is 0 Å². The van der Waals surface area contributed by atoms with E-state index >= 15 is 0 Å². The fourth-order valence-electron chi connectivity index (χ4n) is 8.06. The largest absolute Gasteiger partial charge is 0.282 e. The number of hydrogen-bond acceptors (Lipinski definition) is 1. The average Bonchev–Trinajstić information content (AvgIpc) is 3.44. The maximum Gasteiger partial charge on any atom is 0.152 e. The van der Waals surface area contributed by atoms with Gasteiger partial charge in [-0.25, -0.2) is 4.99 Å². The molecule has 0 unspecified atom stereocenters. The molecular formula is C51H38N2. The van der Waals surface area contributed by atoms with E-state index < -0.39 is 0 Å². The molecule has 0 aliphatic heterocycles. The molecule has 0 spiro atoms. The van der Waals surface area contributed by atoms with Crippen molar-refractivity contribution in [2.24, 2.45) is 4.99 Å². The Labute approximate surface area is 311 Å². The molecule has 0 heterocycles. The first-order valence-corrected chi connectivity index (χ1v) is 18.2. The summed E-state index contributed by atoms with van der Waals surface area (Å²) in [6.07, 6.45) is 4.23. The van der Waals surface area contributed by atoms with Crippen LogP contribution in [0.1, 0.15) is 41.7 Å². The van der Waals surface area contributed by atoms with E-state index in [-0.39, 0.29) is 11.3 Å². The number of aliphatic imine (C=N–C) groups is 1. The molecule has 0 saturated carbocycles. The van der Waals surface area contributed by atoms with Crippen LogP contribution in [0, 0.1) is 5.41 Å². The zero-order valence-corrected chi connectivity index (χ0v) is 29.8. The van der Waals surface area contributed by atoms with Gasteiger partial charge in [0.2, 0.25) is 0 Å². The van der Waals surface area contributed by atoms with E-state index in [0.717, 1.165) is 33.5 Å². The summed E-state index contributed by atoms with van der Waals surface area (Å²) in [5.41, 5.74) is 13.6. The second kappa shape index (κ2) is 13.2. The van der Waals surface area contributed by atoms with E-state index in [0.29, 0.717) is 0 Å². The molecule has 2 heteroatoms. The van der Waals surface area contributed by atoms with Gasteiger partial charge in [0, 0.05) is 16.5 Å². The SMILES string of the molecule is CC1(C)c2ccccc2-c2cc(-c3ccc(/C=C/C(=NC(=N)c4ccccc4)c4ccccc4-c4ccc5ccccc5c4)c4ccccc34)ccc21. The van der Waals surface area contributed by atoms with E-state index in [1.165, 1.54) is 54.9 Å². The summed E-state index contributed by atoms with van der Waals surface area (Å²) in [5, 5.41) is 13.8. The van der Waals surface area contributed by atoms with Gasteiger partial charge in [-0.3, -0.25) is 5.41 Å². The third-order valence-electron chi connectivity index (χ3n) is 10.8. The summed E-state index contributed by atoms with van der Waals surface area (Å²) in [7, 11) is 0. The van der Waals surface area contributed by atoms with E-state index in [1.54, 1.807) is 0 Å². The number of rotatable bonds is 6. The van der Waals surface area contributed by atoms with Gasteiger partial charge in [-0.1, -0.05) is 184 Å². The third-order valence-corrected chi connectivity index (χ3v) is 10.8. The topological polar surface area (TPSA) is 36.2 Å². The first-order chi connectivity index (χ1) is 26.0. The molecule has 8 aromatic carbocycles. The van der Waals surface area contributed by atoms with Crippen LogP contribution in [0.5, 0.6) is 0 Å². The van der Waals surface area contributed by atoms with Crippen LogP contribution < -0.4 is 0 Å². The van der Waals surface area contributed by atoms with Crippen molar-refractivity contribution < 1.29 is 0 Å².